The van der Waals surface area contributed by atoms with Gasteiger partial charge in [0.15, 0.2) is 0 Å². The van der Waals surface area contributed by atoms with E-state index in [0.29, 0.717) is 0 Å². The average Bonchev–Trinajstić information content (AvgIpc) is 2.31. The van der Waals surface area contributed by atoms with Crippen LogP contribution < -0.4 is 10.2 Å². The minimum atomic E-state index is -4.85. The maximum absolute atomic E-state index is 13.9. The average molecular weight is 381 g/mol. The van der Waals surface area contributed by atoms with Crippen LogP contribution in [-0.4, -0.2) is 17.2 Å². The number of hydrogen-bond acceptors (Lipinski definition) is 3. The minimum Gasteiger partial charge on any atom is -0.371 e. The van der Waals surface area contributed by atoms with Crippen LogP contribution in [0, 0.1) is 16.6 Å². The van der Waals surface area contributed by atoms with Crippen molar-refractivity contribution in [3.05, 3.63) is 21.9 Å². The number of rotatable bonds is 0. The monoisotopic (exact) mass is 380 g/mol. The fourth-order valence-corrected chi connectivity index (χ4v) is 2.85. The molecule has 1 aromatic carbocycles. The Hall–Kier alpha value is -1.64. The zero-order valence-corrected chi connectivity index (χ0v) is 13.5. The number of nitrogens with one attached hydrogen (secondary N) is 3. The molecule has 0 saturated heterocycles. The molecule has 120 valence electrons. The summed E-state index contributed by atoms with van der Waals surface area (Å²) in [5.74, 6) is -1.55. The van der Waals surface area contributed by atoms with Gasteiger partial charge in [-0.25, -0.2) is 4.39 Å². The van der Waals surface area contributed by atoms with Crippen molar-refractivity contribution >= 4 is 39.0 Å². The van der Waals surface area contributed by atoms with Crippen molar-refractivity contribution in [3.8, 4) is 0 Å². The number of halogens is 5. The highest BCUT2D eigenvalue weighted by atomic mass is 79.9. The van der Waals surface area contributed by atoms with Gasteiger partial charge >= 0.3 is 6.18 Å². The predicted octanol–water partition coefficient (Wildman–Crippen LogP) is 4.59. The Labute approximate surface area is 132 Å². The first kappa shape index (κ1) is 16.7. The van der Waals surface area contributed by atoms with Crippen molar-refractivity contribution in [3.63, 3.8) is 0 Å². The molecule has 0 fully saturated rings. The van der Waals surface area contributed by atoms with Crippen LogP contribution in [0.4, 0.5) is 28.9 Å². The summed E-state index contributed by atoms with van der Waals surface area (Å²) < 4.78 is 53.3. The van der Waals surface area contributed by atoms with E-state index in [9.17, 15) is 17.6 Å². The van der Waals surface area contributed by atoms with E-state index >= 15 is 0 Å². The topological polar surface area (TPSA) is 63.0 Å². The quantitative estimate of drug-likeness (QED) is 0.350. The van der Waals surface area contributed by atoms with Crippen LogP contribution >= 0.6 is 15.9 Å². The predicted molar refractivity (Wildman–Crippen MR) is 80.4 cm³/mol. The van der Waals surface area contributed by atoms with Crippen LogP contribution in [0.3, 0.4) is 0 Å². The molecule has 0 atom stereocenters. The van der Waals surface area contributed by atoms with E-state index in [4.69, 9.17) is 10.8 Å². The van der Waals surface area contributed by atoms with Crippen molar-refractivity contribution in [2.75, 3.05) is 10.2 Å². The first-order valence-corrected chi connectivity index (χ1v) is 6.99. The summed E-state index contributed by atoms with van der Waals surface area (Å²) in [5.41, 5.74) is -2.85. The van der Waals surface area contributed by atoms with Crippen LogP contribution in [0.5, 0.6) is 0 Å². The number of hydrogen-bond donors (Lipinski definition) is 3. The molecule has 1 aliphatic rings. The van der Waals surface area contributed by atoms with Gasteiger partial charge in [0, 0.05) is 6.07 Å². The van der Waals surface area contributed by atoms with Gasteiger partial charge in [0.2, 0.25) is 0 Å². The van der Waals surface area contributed by atoms with Crippen molar-refractivity contribution in [1.29, 1.82) is 10.8 Å². The lowest BCUT2D eigenvalue weighted by molar-refractivity contribution is -0.137. The van der Waals surface area contributed by atoms with Gasteiger partial charge in [-0.05, 0) is 36.7 Å². The van der Waals surface area contributed by atoms with E-state index < -0.39 is 33.3 Å². The van der Waals surface area contributed by atoms with E-state index in [2.05, 4.69) is 21.2 Å². The lowest BCUT2D eigenvalue weighted by atomic mass is 9.95. The Balaban J connectivity index is 2.90. The second-order valence-corrected chi connectivity index (χ2v) is 6.25. The molecule has 1 heterocycles. The van der Waals surface area contributed by atoms with Crippen LogP contribution in [0.15, 0.2) is 10.5 Å². The molecule has 1 aromatic rings. The molecule has 0 amide bonds. The van der Waals surface area contributed by atoms with E-state index in [1.807, 2.05) is 0 Å². The molecule has 2 rings (SSSR count). The van der Waals surface area contributed by atoms with Gasteiger partial charge < -0.3 is 5.32 Å². The molecule has 0 aromatic heterocycles. The molecule has 9 heteroatoms. The van der Waals surface area contributed by atoms with E-state index in [1.54, 1.807) is 13.8 Å². The number of benzene rings is 1. The summed E-state index contributed by atoms with van der Waals surface area (Å²) in [6, 6.07) is 0.929. The third kappa shape index (κ3) is 2.47. The number of nitrogens with zero attached hydrogens (tertiary/aromatic N) is 1. The molecule has 0 aliphatic carbocycles. The van der Waals surface area contributed by atoms with E-state index in [-0.39, 0.29) is 17.4 Å². The van der Waals surface area contributed by atoms with Crippen molar-refractivity contribution in [1.82, 2.24) is 0 Å². The van der Waals surface area contributed by atoms with Crippen LogP contribution in [0.1, 0.15) is 26.3 Å². The van der Waals surface area contributed by atoms with Gasteiger partial charge in [-0.15, -0.1) is 0 Å². The molecule has 1 aliphatic heterocycles. The maximum Gasteiger partial charge on any atom is 0.419 e. The van der Waals surface area contributed by atoms with Gasteiger partial charge in [-0.2, -0.15) is 13.2 Å². The second kappa shape index (κ2) is 4.94. The lowest BCUT2D eigenvalue weighted by Gasteiger charge is -2.43. The molecule has 0 radical (unpaired) electrons. The van der Waals surface area contributed by atoms with Crippen molar-refractivity contribution in [2.24, 2.45) is 0 Å². The molecule has 4 nitrogen and oxygen atoms in total. The minimum absolute atomic E-state index is 0.111. The summed E-state index contributed by atoms with van der Waals surface area (Å²) in [5, 5.41) is 18.5. The Morgan fingerprint density at radius 2 is 1.91 bits per heavy atom. The largest absolute Gasteiger partial charge is 0.419 e. The Morgan fingerprint density at radius 1 is 1.36 bits per heavy atom. The third-order valence-electron chi connectivity index (χ3n) is 3.30. The molecule has 22 heavy (non-hydrogen) atoms. The number of alkyl halides is 3. The van der Waals surface area contributed by atoms with Gasteiger partial charge in [-0.3, -0.25) is 15.7 Å². The number of anilines is 2. The molecule has 3 N–H and O–H groups in total. The summed E-state index contributed by atoms with van der Waals surface area (Å²) in [4.78, 5) is 0.874. The molecular weight excluding hydrogens is 368 g/mol. The van der Waals surface area contributed by atoms with Crippen molar-refractivity contribution in [2.45, 2.75) is 32.5 Å². The summed E-state index contributed by atoms with van der Waals surface area (Å²) >= 11 is 2.63. The highest BCUT2D eigenvalue weighted by Gasteiger charge is 2.46. The maximum atomic E-state index is 13.9. The smallest absolute Gasteiger partial charge is 0.371 e. The summed E-state index contributed by atoms with van der Waals surface area (Å²) in [7, 11) is 0. The SMILES string of the molecule is CC(=N)N1C(=N)C(C)(C)Nc2cc(F)c(Br)c(C(F)(F)F)c21. The Bertz CT molecular complexity index is 682. The van der Waals surface area contributed by atoms with Gasteiger partial charge in [0.05, 0.1) is 26.9 Å². The normalized spacial score (nSPS) is 17.1. The lowest BCUT2D eigenvalue weighted by Crippen LogP contribution is -2.55. The zero-order valence-electron chi connectivity index (χ0n) is 11.9. The van der Waals surface area contributed by atoms with Crippen LogP contribution in [0.2, 0.25) is 0 Å². The van der Waals surface area contributed by atoms with Gasteiger partial charge in [0.25, 0.3) is 0 Å². The second-order valence-electron chi connectivity index (χ2n) is 5.46. The number of amidine groups is 2. The van der Waals surface area contributed by atoms with Crippen LogP contribution in [-0.2, 0) is 6.18 Å². The summed E-state index contributed by atoms with van der Waals surface area (Å²) in [6.07, 6.45) is -4.85. The molecule has 0 spiro atoms. The number of fused-ring (bicyclic) bond motifs is 1. The van der Waals surface area contributed by atoms with Gasteiger partial charge in [0.1, 0.15) is 17.5 Å². The standard InChI is InChI=1S/C13H13BrF4N4/c1-5(19)22-10-7(21-12(2,3)11(22)20)4-6(15)9(14)8(10)13(16,17)18/h4,19-21H,1-3H3. The fraction of sp³-hybridized carbons (Fsp3) is 0.385. The van der Waals surface area contributed by atoms with E-state index in [0.717, 1.165) is 11.0 Å². The molecule has 0 bridgehead atoms. The zero-order chi connectivity index (χ0) is 17.0. The fourth-order valence-electron chi connectivity index (χ4n) is 2.33. The molecular formula is C13H13BrF4N4. The first-order chi connectivity index (χ1) is 9.88. The Morgan fingerprint density at radius 3 is 2.36 bits per heavy atom. The van der Waals surface area contributed by atoms with Crippen LogP contribution in [0.25, 0.3) is 0 Å². The first-order valence-electron chi connectivity index (χ1n) is 6.19. The van der Waals surface area contributed by atoms with E-state index in [1.165, 1.54) is 6.92 Å². The molecule has 0 unspecified atom stereocenters. The van der Waals surface area contributed by atoms with Crippen molar-refractivity contribution < 1.29 is 17.6 Å². The molecule has 0 saturated carbocycles. The third-order valence-corrected chi connectivity index (χ3v) is 4.07. The van der Waals surface area contributed by atoms with Gasteiger partial charge in [-0.1, -0.05) is 0 Å². The summed E-state index contributed by atoms with van der Waals surface area (Å²) in [6.45, 7) is 4.42. The highest BCUT2D eigenvalue weighted by molar-refractivity contribution is 9.10. The highest BCUT2D eigenvalue weighted by Crippen LogP contribution is 2.49. The Kier molecular flexibility index (Phi) is 3.75.